The van der Waals surface area contributed by atoms with Gasteiger partial charge in [-0.25, -0.2) is 4.39 Å². The van der Waals surface area contributed by atoms with Gasteiger partial charge in [-0.2, -0.15) is 0 Å². The van der Waals surface area contributed by atoms with Crippen LogP contribution in [0.15, 0.2) is 54.7 Å². The predicted octanol–water partition coefficient (Wildman–Crippen LogP) is 3.65. The molecule has 0 fully saturated rings. The van der Waals surface area contributed by atoms with E-state index in [0.29, 0.717) is 23.4 Å². The molecular formula is C17H15FN2O. The highest BCUT2D eigenvalue weighted by Gasteiger charge is 2.25. The van der Waals surface area contributed by atoms with Gasteiger partial charge < -0.3 is 10.2 Å². The largest absolute Gasteiger partial charge is 0.347 e. The molecule has 1 heterocycles. The van der Waals surface area contributed by atoms with Gasteiger partial charge in [-0.3, -0.25) is 4.79 Å². The summed E-state index contributed by atoms with van der Waals surface area (Å²) >= 11 is 0. The Kier molecular flexibility index (Phi) is 3.44. The Labute approximate surface area is 122 Å². The summed E-state index contributed by atoms with van der Waals surface area (Å²) in [5.41, 5.74) is 2.73. The molecule has 0 radical (unpaired) electrons. The second-order valence-electron chi connectivity index (χ2n) is 4.81. The summed E-state index contributed by atoms with van der Waals surface area (Å²) in [5.74, 6) is -0.552. The number of benzene rings is 2. The number of nitrogens with one attached hydrogen (secondary N) is 1. The van der Waals surface area contributed by atoms with E-state index >= 15 is 0 Å². The van der Waals surface area contributed by atoms with Crippen LogP contribution in [0, 0.1) is 5.82 Å². The number of amides is 1. The van der Waals surface area contributed by atoms with Gasteiger partial charge >= 0.3 is 0 Å². The van der Waals surface area contributed by atoms with Gasteiger partial charge in [0.25, 0.3) is 5.91 Å². The fourth-order valence-corrected chi connectivity index (χ4v) is 2.41. The van der Waals surface area contributed by atoms with Crippen molar-refractivity contribution in [2.75, 3.05) is 16.8 Å². The van der Waals surface area contributed by atoms with E-state index in [-0.39, 0.29) is 11.7 Å². The third kappa shape index (κ3) is 2.52. The molecular weight excluding hydrogens is 267 g/mol. The van der Waals surface area contributed by atoms with Crippen molar-refractivity contribution in [2.45, 2.75) is 6.92 Å². The summed E-state index contributed by atoms with van der Waals surface area (Å²) in [4.78, 5) is 14.1. The van der Waals surface area contributed by atoms with Crippen molar-refractivity contribution in [3.05, 3.63) is 66.1 Å². The second kappa shape index (κ2) is 5.40. The van der Waals surface area contributed by atoms with E-state index in [9.17, 15) is 9.18 Å². The molecule has 1 aliphatic heterocycles. The third-order valence-corrected chi connectivity index (χ3v) is 3.48. The lowest BCUT2D eigenvalue weighted by Crippen LogP contribution is -2.17. The van der Waals surface area contributed by atoms with Crippen molar-refractivity contribution < 1.29 is 9.18 Å². The number of hydrogen-bond donors (Lipinski definition) is 1. The normalized spacial score (nSPS) is 15.0. The zero-order chi connectivity index (χ0) is 14.8. The van der Waals surface area contributed by atoms with E-state index in [0.717, 1.165) is 5.69 Å². The van der Waals surface area contributed by atoms with Crippen molar-refractivity contribution in [3.63, 3.8) is 0 Å². The molecule has 1 amide bonds. The molecule has 0 saturated heterocycles. The van der Waals surface area contributed by atoms with E-state index in [2.05, 4.69) is 5.32 Å². The molecule has 1 N–H and O–H groups in total. The van der Waals surface area contributed by atoms with E-state index in [1.54, 1.807) is 12.3 Å². The highest BCUT2D eigenvalue weighted by Crippen LogP contribution is 2.33. The first kappa shape index (κ1) is 13.4. The summed E-state index contributed by atoms with van der Waals surface area (Å²) in [6.07, 6.45) is 1.77. The van der Waals surface area contributed by atoms with Gasteiger partial charge in [0.1, 0.15) is 5.82 Å². The van der Waals surface area contributed by atoms with Crippen LogP contribution in [0.5, 0.6) is 0 Å². The Morgan fingerprint density at radius 1 is 1.19 bits per heavy atom. The lowest BCUT2D eigenvalue weighted by atomic mass is 10.1. The molecule has 3 nitrogen and oxygen atoms in total. The Balaban J connectivity index is 2.03. The van der Waals surface area contributed by atoms with Crippen LogP contribution in [0.4, 0.5) is 15.8 Å². The molecule has 0 aliphatic carbocycles. The lowest BCUT2D eigenvalue weighted by molar-refractivity contribution is -0.110. The van der Waals surface area contributed by atoms with Crippen molar-refractivity contribution in [3.8, 4) is 0 Å². The first-order chi connectivity index (χ1) is 10.2. The van der Waals surface area contributed by atoms with Crippen LogP contribution in [0.1, 0.15) is 12.5 Å². The van der Waals surface area contributed by atoms with Crippen LogP contribution in [-0.2, 0) is 4.79 Å². The van der Waals surface area contributed by atoms with Crippen molar-refractivity contribution in [1.82, 2.24) is 0 Å². The minimum absolute atomic E-state index is 0.204. The highest BCUT2D eigenvalue weighted by molar-refractivity contribution is 6.31. The molecule has 21 heavy (non-hydrogen) atoms. The molecule has 0 atom stereocenters. The zero-order valence-corrected chi connectivity index (χ0v) is 11.6. The van der Waals surface area contributed by atoms with Crippen LogP contribution in [0.3, 0.4) is 0 Å². The molecule has 1 aliphatic rings. The van der Waals surface area contributed by atoms with Crippen molar-refractivity contribution >= 4 is 22.9 Å². The van der Waals surface area contributed by atoms with Gasteiger partial charge in [0, 0.05) is 29.7 Å². The van der Waals surface area contributed by atoms with E-state index in [1.165, 1.54) is 12.1 Å². The van der Waals surface area contributed by atoms with E-state index < -0.39 is 0 Å². The maximum Gasteiger partial charge on any atom is 0.257 e. The minimum atomic E-state index is -0.348. The number of anilines is 2. The summed E-state index contributed by atoms with van der Waals surface area (Å²) in [5, 5.41) is 2.76. The molecule has 4 heteroatoms. The Morgan fingerprint density at radius 2 is 1.95 bits per heavy atom. The van der Waals surface area contributed by atoms with Crippen LogP contribution in [-0.4, -0.2) is 12.5 Å². The average molecular weight is 282 g/mol. The molecule has 3 rings (SSSR count). The van der Waals surface area contributed by atoms with Crippen LogP contribution in [0.25, 0.3) is 5.57 Å². The van der Waals surface area contributed by atoms with Gasteiger partial charge in [-0.05, 0) is 37.3 Å². The first-order valence-electron chi connectivity index (χ1n) is 6.84. The van der Waals surface area contributed by atoms with Gasteiger partial charge in [0.05, 0.1) is 5.57 Å². The zero-order valence-electron chi connectivity index (χ0n) is 11.6. The Hall–Kier alpha value is -2.62. The lowest BCUT2D eigenvalue weighted by Gasteiger charge is -2.19. The highest BCUT2D eigenvalue weighted by atomic mass is 19.1. The van der Waals surface area contributed by atoms with E-state index in [1.807, 2.05) is 42.2 Å². The van der Waals surface area contributed by atoms with Crippen molar-refractivity contribution in [2.24, 2.45) is 0 Å². The van der Waals surface area contributed by atoms with Gasteiger partial charge in [-0.15, -0.1) is 0 Å². The number of fused-ring (bicyclic) bond motifs is 1. The molecule has 106 valence electrons. The minimum Gasteiger partial charge on any atom is -0.347 e. The summed E-state index contributed by atoms with van der Waals surface area (Å²) in [6.45, 7) is 2.72. The molecule has 0 saturated carbocycles. The topological polar surface area (TPSA) is 32.3 Å². The first-order valence-corrected chi connectivity index (χ1v) is 6.84. The number of para-hydroxylation sites is 1. The Bertz CT molecular complexity index is 710. The quantitative estimate of drug-likeness (QED) is 0.872. The number of hydrogen-bond acceptors (Lipinski definition) is 2. The SMILES string of the molecule is CCN(/C=C1/C(=O)Nc2ccc(F)cc21)c1ccccc1. The fraction of sp³-hybridized carbons (Fsp3) is 0.118. The van der Waals surface area contributed by atoms with Crippen LogP contribution in [0.2, 0.25) is 0 Å². The second-order valence-corrected chi connectivity index (χ2v) is 4.81. The third-order valence-electron chi connectivity index (χ3n) is 3.48. The molecule has 0 spiro atoms. The summed E-state index contributed by atoms with van der Waals surface area (Å²) < 4.78 is 13.4. The number of nitrogens with zero attached hydrogens (tertiary/aromatic N) is 1. The fourth-order valence-electron chi connectivity index (χ4n) is 2.41. The average Bonchev–Trinajstić information content (AvgIpc) is 2.81. The van der Waals surface area contributed by atoms with Crippen LogP contribution >= 0.6 is 0 Å². The standard InChI is InChI=1S/C17H15FN2O/c1-2-20(13-6-4-3-5-7-13)11-15-14-10-12(18)8-9-16(14)19-17(15)21/h3-11H,2H2,1H3,(H,19,21)/b15-11+. The smallest absolute Gasteiger partial charge is 0.257 e. The predicted molar refractivity (Wildman–Crippen MR) is 82.5 cm³/mol. The maximum atomic E-state index is 13.4. The number of rotatable bonds is 3. The van der Waals surface area contributed by atoms with E-state index in [4.69, 9.17) is 0 Å². The number of carbonyl (C=O) groups is 1. The van der Waals surface area contributed by atoms with Crippen LogP contribution < -0.4 is 10.2 Å². The maximum absolute atomic E-state index is 13.4. The molecule has 0 unspecified atom stereocenters. The molecule has 0 aromatic heterocycles. The number of halogens is 1. The number of carbonyl (C=O) groups excluding carboxylic acids is 1. The van der Waals surface area contributed by atoms with Crippen molar-refractivity contribution in [1.29, 1.82) is 0 Å². The monoisotopic (exact) mass is 282 g/mol. The van der Waals surface area contributed by atoms with Gasteiger partial charge in [0.2, 0.25) is 0 Å². The van der Waals surface area contributed by atoms with Gasteiger partial charge in [-0.1, -0.05) is 18.2 Å². The molecule has 0 bridgehead atoms. The Morgan fingerprint density at radius 3 is 2.67 bits per heavy atom. The molecule has 2 aromatic carbocycles. The van der Waals surface area contributed by atoms with Gasteiger partial charge in [0.15, 0.2) is 0 Å². The summed E-state index contributed by atoms with van der Waals surface area (Å²) in [6, 6.07) is 14.1. The summed E-state index contributed by atoms with van der Waals surface area (Å²) in [7, 11) is 0. The molecule has 2 aromatic rings.